The standard InChI is InChI=1S/C31H32F2N4O7S/c1-36(31(40)41)19-7-12-27(45(42,43)20-8-9-20)21(16-19)25-4-3-13-37(25)30(39)28(17-5-11-23(33)26(15-17)44-2)35-24-14-18(29(34)38)6-10-22(24)32/h5-7,10-12,14-16,20,25,28,35H,3-4,8-9,13H2,1-2H3,(H2,34,38)(H,40,41)/t25-,28-/m1/s1. The van der Waals surface area contributed by atoms with E-state index in [9.17, 15) is 32.3 Å². The topological polar surface area (TPSA) is 159 Å². The lowest BCUT2D eigenvalue weighted by atomic mass is 10.00. The van der Waals surface area contributed by atoms with Gasteiger partial charge in [-0.2, -0.15) is 0 Å². The third-order valence-electron chi connectivity index (χ3n) is 8.14. The van der Waals surface area contributed by atoms with Gasteiger partial charge in [0.05, 0.1) is 29.0 Å². The molecule has 0 radical (unpaired) electrons. The Bertz CT molecular complexity index is 1780. The zero-order chi connectivity index (χ0) is 32.6. The number of methoxy groups -OCH3 is 1. The Morgan fingerprint density at radius 2 is 1.76 bits per heavy atom. The molecule has 1 saturated heterocycles. The molecule has 3 aromatic carbocycles. The second-order valence-corrected chi connectivity index (χ2v) is 13.2. The Morgan fingerprint density at radius 1 is 1.04 bits per heavy atom. The fraction of sp³-hybridized carbons (Fsp3) is 0.323. The van der Waals surface area contributed by atoms with Crippen LogP contribution in [0.1, 0.15) is 59.3 Å². The number of rotatable bonds is 10. The molecule has 11 nitrogen and oxygen atoms in total. The van der Waals surface area contributed by atoms with Gasteiger partial charge in [-0.1, -0.05) is 6.07 Å². The Labute approximate surface area is 258 Å². The number of carbonyl (C=O) groups excluding carboxylic acids is 2. The number of halogens is 2. The van der Waals surface area contributed by atoms with Crippen molar-refractivity contribution in [2.75, 3.05) is 30.9 Å². The average Bonchev–Trinajstić information content (AvgIpc) is 3.77. The summed E-state index contributed by atoms with van der Waals surface area (Å²) in [5.41, 5.74) is 5.85. The third kappa shape index (κ3) is 6.27. The molecule has 0 bridgehead atoms. The summed E-state index contributed by atoms with van der Waals surface area (Å²) in [6, 6.07) is 9.23. The normalized spacial score (nSPS) is 17.1. The van der Waals surface area contributed by atoms with Crippen molar-refractivity contribution in [3.63, 3.8) is 0 Å². The van der Waals surface area contributed by atoms with Crippen LogP contribution < -0.4 is 20.7 Å². The van der Waals surface area contributed by atoms with Gasteiger partial charge in [0.1, 0.15) is 11.9 Å². The van der Waals surface area contributed by atoms with Crippen molar-refractivity contribution in [2.45, 2.75) is 47.9 Å². The van der Waals surface area contributed by atoms with Gasteiger partial charge < -0.3 is 25.8 Å². The third-order valence-corrected chi connectivity index (χ3v) is 10.5. The van der Waals surface area contributed by atoms with Crippen LogP contribution in [0, 0.1) is 11.6 Å². The van der Waals surface area contributed by atoms with E-state index in [1.54, 1.807) is 0 Å². The van der Waals surface area contributed by atoms with E-state index in [-0.39, 0.29) is 45.3 Å². The largest absolute Gasteiger partial charge is 0.494 e. The Hall–Kier alpha value is -4.72. The van der Waals surface area contributed by atoms with Gasteiger partial charge >= 0.3 is 6.09 Å². The van der Waals surface area contributed by atoms with E-state index < -0.39 is 56.7 Å². The quantitative estimate of drug-likeness (QED) is 0.289. The maximum atomic E-state index is 15.0. The lowest BCUT2D eigenvalue weighted by molar-refractivity contribution is -0.133. The van der Waals surface area contributed by atoms with Crippen molar-refractivity contribution in [1.29, 1.82) is 0 Å². The smallest absolute Gasteiger partial charge is 0.411 e. The number of nitrogens with two attached hydrogens (primary N) is 1. The van der Waals surface area contributed by atoms with Crippen molar-refractivity contribution < 1.29 is 41.4 Å². The number of ether oxygens (including phenoxy) is 1. The molecule has 5 rings (SSSR count). The van der Waals surface area contributed by atoms with E-state index in [0.717, 1.165) is 23.1 Å². The summed E-state index contributed by atoms with van der Waals surface area (Å²) < 4.78 is 61.5. The second-order valence-electron chi connectivity index (χ2n) is 11.0. The van der Waals surface area contributed by atoms with Crippen LogP contribution in [0.25, 0.3) is 0 Å². The van der Waals surface area contributed by atoms with Gasteiger partial charge in [-0.05, 0) is 85.3 Å². The summed E-state index contributed by atoms with van der Waals surface area (Å²) in [4.78, 5) is 40.4. The number of anilines is 2. The fourth-order valence-corrected chi connectivity index (χ4v) is 7.44. The first-order chi connectivity index (χ1) is 21.3. The number of nitrogens with zero attached hydrogens (tertiary/aromatic N) is 2. The van der Waals surface area contributed by atoms with Crippen molar-refractivity contribution >= 4 is 39.1 Å². The molecule has 2 fully saturated rings. The predicted octanol–water partition coefficient (Wildman–Crippen LogP) is 4.64. The number of benzene rings is 3. The summed E-state index contributed by atoms with van der Waals surface area (Å²) in [6.07, 6.45) is 0.598. The molecular weight excluding hydrogens is 610 g/mol. The maximum absolute atomic E-state index is 15.0. The molecule has 0 unspecified atom stereocenters. The Kier molecular flexibility index (Phi) is 8.70. The number of primary amides is 1. The van der Waals surface area contributed by atoms with Gasteiger partial charge in [-0.15, -0.1) is 0 Å². The van der Waals surface area contributed by atoms with Crippen LogP contribution >= 0.6 is 0 Å². The summed E-state index contributed by atoms with van der Waals surface area (Å²) >= 11 is 0. The molecule has 1 heterocycles. The van der Waals surface area contributed by atoms with E-state index >= 15 is 4.39 Å². The Balaban J connectivity index is 1.61. The van der Waals surface area contributed by atoms with E-state index in [1.807, 2.05) is 0 Å². The average molecular weight is 643 g/mol. The van der Waals surface area contributed by atoms with E-state index in [2.05, 4.69) is 5.32 Å². The van der Waals surface area contributed by atoms with Crippen molar-refractivity contribution in [2.24, 2.45) is 5.73 Å². The molecule has 4 N–H and O–H groups in total. The number of likely N-dealkylation sites (tertiary alicyclic amines) is 1. The van der Waals surface area contributed by atoms with E-state index in [1.165, 1.54) is 55.5 Å². The lowest BCUT2D eigenvalue weighted by Crippen LogP contribution is -2.38. The predicted molar refractivity (Wildman–Crippen MR) is 161 cm³/mol. The molecule has 0 spiro atoms. The number of nitrogens with one attached hydrogen (secondary N) is 1. The molecule has 238 valence electrons. The van der Waals surface area contributed by atoms with Gasteiger partial charge in [-0.25, -0.2) is 22.0 Å². The fourth-order valence-electron chi connectivity index (χ4n) is 5.54. The minimum Gasteiger partial charge on any atom is -0.494 e. The van der Waals surface area contributed by atoms with Crippen LogP contribution in [-0.4, -0.2) is 62.3 Å². The van der Waals surface area contributed by atoms with Gasteiger partial charge in [0.2, 0.25) is 11.8 Å². The lowest BCUT2D eigenvalue weighted by Gasteiger charge is -2.32. The van der Waals surface area contributed by atoms with Gasteiger partial charge in [-0.3, -0.25) is 14.5 Å². The molecule has 45 heavy (non-hydrogen) atoms. The van der Waals surface area contributed by atoms with E-state index in [0.29, 0.717) is 25.7 Å². The first kappa shape index (κ1) is 31.7. The molecule has 0 aromatic heterocycles. The van der Waals surface area contributed by atoms with Gasteiger partial charge in [0, 0.05) is 24.8 Å². The summed E-state index contributed by atoms with van der Waals surface area (Å²) in [5.74, 6) is -3.06. The van der Waals surface area contributed by atoms with Crippen molar-refractivity contribution in [3.05, 3.63) is 82.9 Å². The first-order valence-corrected chi connectivity index (χ1v) is 15.7. The van der Waals surface area contributed by atoms with Gasteiger partial charge in [0.25, 0.3) is 0 Å². The highest BCUT2D eigenvalue weighted by molar-refractivity contribution is 7.92. The van der Waals surface area contributed by atoms with Crippen molar-refractivity contribution in [1.82, 2.24) is 4.90 Å². The molecule has 14 heteroatoms. The zero-order valence-corrected chi connectivity index (χ0v) is 25.3. The van der Waals surface area contributed by atoms with Crippen LogP contribution in [0.4, 0.5) is 25.0 Å². The molecular formula is C31H32F2N4O7S. The van der Waals surface area contributed by atoms with Crippen LogP contribution in [-0.2, 0) is 14.6 Å². The summed E-state index contributed by atoms with van der Waals surface area (Å²) in [5, 5.41) is 11.9. The molecule has 2 atom stereocenters. The number of sulfone groups is 1. The SMILES string of the molecule is COc1cc([C@@H](Nc2cc(C(N)=O)ccc2F)C(=O)N2CCC[C@@H]2c2cc(N(C)C(=O)O)ccc2S(=O)(=O)C2CC2)ccc1F. The van der Waals surface area contributed by atoms with Crippen LogP contribution in [0.15, 0.2) is 59.5 Å². The summed E-state index contributed by atoms with van der Waals surface area (Å²) in [7, 11) is -1.19. The molecule has 2 aliphatic rings. The monoisotopic (exact) mass is 642 g/mol. The first-order valence-electron chi connectivity index (χ1n) is 14.2. The number of amides is 3. The molecule has 1 saturated carbocycles. The summed E-state index contributed by atoms with van der Waals surface area (Å²) in [6.45, 7) is 0.200. The van der Waals surface area contributed by atoms with E-state index in [4.69, 9.17) is 10.5 Å². The second kappa shape index (κ2) is 12.3. The highest BCUT2D eigenvalue weighted by atomic mass is 32.2. The highest BCUT2D eigenvalue weighted by Crippen LogP contribution is 2.43. The molecule has 3 amide bonds. The minimum absolute atomic E-state index is 0.0184. The number of carboxylic acid groups (broad SMARTS) is 1. The van der Waals surface area contributed by atoms with Crippen LogP contribution in [0.2, 0.25) is 0 Å². The number of hydrogen-bond acceptors (Lipinski definition) is 7. The minimum atomic E-state index is -3.77. The molecule has 1 aliphatic carbocycles. The van der Waals surface area contributed by atoms with Gasteiger partial charge in [0.15, 0.2) is 21.4 Å². The van der Waals surface area contributed by atoms with Crippen LogP contribution in [0.5, 0.6) is 5.75 Å². The maximum Gasteiger partial charge on any atom is 0.411 e. The molecule has 3 aromatic rings. The Morgan fingerprint density at radius 3 is 2.40 bits per heavy atom. The van der Waals surface area contributed by atoms with Crippen molar-refractivity contribution in [3.8, 4) is 5.75 Å². The number of hydrogen-bond donors (Lipinski definition) is 3. The number of carbonyl (C=O) groups is 3. The highest BCUT2D eigenvalue weighted by Gasteiger charge is 2.42. The molecule has 1 aliphatic heterocycles. The van der Waals surface area contributed by atoms with Crippen LogP contribution in [0.3, 0.4) is 0 Å². The zero-order valence-electron chi connectivity index (χ0n) is 24.5.